The molecule has 1 aromatic carbocycles. The zero-order chi connectivity index (χ0) is 15.5. The molecule has 21 heavy (non-hydrogen) atoms. The predicted molar refractivity (Wildman–Crippen MR) is 85.9 cm³/mol. The minimum atomic E-state index is -1.09. The van der Waals surface area contributed by atoms with Crippen molar-refractivity contribution in [1.82, 2.24) is 0 Å². The molecule has 1 aromatic rings. The van der Waals surface area contributed by atoms with E-state index in [1.165, 1.54) is 19.3 Å². The van der Waals surface area contributed by atoms with Gasteiger partial charge in [0.2, 0.25) is 0 Å². The van der Waals surface area contributed by atoms with Crippen molar-refractivity contribution >= 4 is 0 Å². The fraction of sp³-hybridized carbons (Fsp3) is 0.632. The van der Waals surface area contributed by atoms with Gasteiger partial charge in [-0.15, -0.1) is 0 Å². The Hall–Kier alpha value is -1.33. The monoisotopic (exact) mass is 285 g/mol. The molecular formula is C19H27NO. The van der Waals surface area contributed by atoms with Gasteiger partial charge in [-0.05, 0) is 39.2 Å². The van der Waals surface area contributed by atoms with Crippen LogP contribution in [0.1, 0.15) is 68.6 Å². The number of nitriles is 1. The lowest BCUT2D eigenvalue weighted by Crippen LogP contribution is -2.43. The lowest BCUT2D eigenvalue weighted by atomic mass is 9.63. The van der Waals surface area contributed by atoms with Crippen molar-refractivity contribution in [2.24, 2.45) is 5.41 Å². The van der Waals surface area contributed by atoms with Crippen LogP contribution in [0.3, 0.4) is 0 Å². The average Bonchev–Trinajstić information content (AvgIpc) is 2.37. The first-order valence-electron chi connectivity index (χ1n) is 8.14. The van der Waals surface area contributed by atoms with Crippen LogP contribution < -0.4 is 0 Å². The highest BCUT2D eigenvalue weighted by Gasteiger charge is 2.48. The summed E-state index contributed by atoms with van der Waals surface area (Å²) >= 11 is 0. The maximum absolute atomic E-state index is 11.3. The van der Waals surface area contributed by atoms with Crippen LogP contribution in [0.4, 0.5) is 0 Å². The van der Waals surface area contributed by atoms with Crippen molar-refractivity contribution in [1.29, 1.82) is 5.26 Å². The van der Waals surface area contributed by atoms with Gasteiger partial charge in [0, 0.05) is 0 Å². The smallest absolute Gasteiger partial charge is 0.105 e. The molecule has 0 radical (unpaired) electrons. The Labute approximate surface area is 128 Å². The van der Waals surface area contributed by atoms with E-state index in [2.05, 4.69) is 12.1 Å². The van der Waals surface area contributed by atoms with E-state index in [0.717, 1.165) is 42.4 Å². The first kappa shape index (κ1) is 16.0. The zero-order valence-electron chi connectivity index (χ0n) is 13.6. The Bertz CT molecular complexity index is 511. The lowest BCUT2D eigenvalue weighted by molar-refractivity contribution is -0.0583. The van der Waals surface area contributed by atoms with Gasteiger partial charge in [-0.25, -0.2) is 0 Å². The number of rotatable bonds is 2. The molecule has 2 heteroatoms. The molecule has 1 N–H and O–H groups in total. The molecule has 0 aromatic heterocycles. The highest BCUT2D eigenvalue weighted by atomic mass is 16.3. The molecule has 0 amide bonds. The largest absolute Gasteiger partial charge is 0.384 e. The molecule has 1 fully saturated rings. The van der Waals surface area contributed by atoms with E-state index in [1.54, 1.807) is 0 Å². The van der Waals surface area contributed by atoms with E-state index in [1.807, 2.05) is 32.9 Å². The number of aryl methyl sites for hydroxylation is 2. The summed E-state index contributed by atoms with van der Waals surface area (Å²) in [5.41, 5.74) is 1.43. The van der Waals surface area contributed by atoms with E-state index >= 15 is 0 Å². The Morgan fingerprint density at radius 2 is 1.48 bits per heavy atom. The highest BCUT2D eigenvalue weighted by Crippen LogP contribution is 2.48. The number of aliphatic hydroxyl groups is 1. The van der Waals surface area contributed by atoms with Crippen LogP contribution in [0.5, 0.6) is 0 Å². The summed E-state index contributed by atoms with van der Waals surface area (Å²) in [6, 6.07) is 8.69. The van der Waals surface area contributed by atoms with E-state index in [9.17, 15) is 10.4 Å². The van der Waals surface area contributed by atoms with Gasteiger partial charge in [-0.3, -0.25) is 0 Å². The SMILES string of the molecule is Cc1cc(C)cc(C(C)(O)C2(C#N)CCCCCCC2)c1. The Kier molecular flexibility index (Phi) is 4.74. The van der Waals surface area contributed by atoms with E-state index in [4.69, 9.17) is 0 Å². The van der Waals surface area contributed by atoms with Crippen LogP contribution in [0.15, 0.2) is 18.2 Å². The summed E-state index contributed by atoms with van der Waals surface area (Å²) in [4.78, 5) is 0. The summed E-state index contributed by atoms with van der Waals surface area (Å²) in [6.45, 7) is 5.93. The minimum absolute atomic E-state index is 0.659. The Morgan fingerprint density at radius 1 is 1.00 bits per heavy atom. The minimum Gasteiger partial charge on any atom is -0.384 e. The van der Waals surface area contributed by atoms with Crippen molar-refractivity contribution in [3.63, 3.8) is 0 Å². The topological polar surface area (TPSA) is 44.0 Å². The summed E-state index contributed by atoms with van der Waals surface area (Å²) in [5.74, 6) is 0. The highest BCUT2D eigenvalue weighted by molar-refractivity contribution is 5.35. The molecule has 1 aliphatic rings. The van der Waals surface area contributed by atoms with Crippen LogP contribution in [0.2, 0.25) is 0 Å². The Balaban J connectivity index is 2.44. The second kappa shape index (κ2) is 6.20. The number of nitrogens with zero attached hydrogens (tertiary/aromatic N) is 1. The summed E-state index contributed by atoms with van der Waals surface area (Å²) in [6.07, 6.45) is 7.27. The van der Waals surface area contributed by atoms with Gasteiger partial charge >= 0.3 is 0 Å². The van der Waals surface area contributed by atoms with Gasteiger partial charge in [0.15, 0.2) is 0 Å². The van der Waals surface area contributed by atoms with Gasteiger partial charge in [0.25, 0.3) is 0 Å². The molecule has 0 bridgehead atoms. The van der Waals surface area contributed by atoms with Gasteiger partial charge in [-0.1, -0.05) is 61.4 Å². The van der Waals surface area contributed by atoms with Gasteiger partial charge in [0.1, 0.15) is 5.60 Å². The number of hydrogen-bond donors (Lipinski definition) is 1. The van der Waals surface area contributed by atoms with E-state index in [0.29, 0.717) is 0 Å². The molecule has 1 atom stereocenters. The van der Waals surface area contributed by atoms with Gasteiger partial charge < -0.3 is 5.11 Å². The first-order valence-corrected chi connectivity index (χ1v) is 8.14. The quantitative estimate of drug-likeness (QED) is 0.851. The fourth-order valence-corrected chi connectivity index (χ4v) is 3.75. The maximum Gasteiger partial charge on any atom is 0.105 e. The van der Waals surface area contributed by atoms with Crippen molar-refractivity contribution in [2.45, 2.75) is 71.3 Å². The molecule has 2 rings (SSSR count). The zero-order valence-corrected chi connectivity index (χ0v) is 13.6. The van der Waals surface area contributed by atoms with Crippen molar-refractivity contribution in [3.8, 4) is 6.07 Å². The lowest BCUT2D eigenvalue weighted by Gasteiger charge is -2.42. The Morgan fingerprint density at radius 3 is 1.95 bits per heavy atom. The predicted octanol–water partition coefficient (Wildman–Crippen LogP) is 4.77. The van der Waals surface area contributed by atoms with Gasteiger partial charge in [0.05, 0.1) is 11.5 Å². The second-order valence-corrected chi connectivity index (χ2v) is 6.91. The van der Waals surface area contributed by atoms with Crippen LogP contribution in [0.25, 0.3) is 0 Å². The van der Waals surface area contributed by atoms with Crippen LogP contribution in [0, 0.1) is 30.6 Å². The molecule has 0 aliphatic heterocycles. The van der Waals surface area contributed by atoms with Crippen LogP contribution >= 0.6 is 0 Å². The summed E-state index contributed by atoms with van der Waals surface area (Å²) in [7, 11) is 0. The molecule has 1 unspecified atom stereocenters. The molecule has 1 saturated carbocycles. The van der Waals surface area contributed by atoms with Crippen molar-refractivity contribution in [3.05, 3.63) is 34.9 Å². The molecule has 2 nitrogen and oxygen atoms in total. The third kappa shape index (κ3) is 3.14. The molecule has 0 saturated heterocycles. The fourth-order valence-electron chi connectivity index (χ4n) is 3.75. The molecule has 114 valence electrons. The van der Waals surface area contributed by atoms with Crippen molar-refractivity contribution in [2.75, 3.05) is 0 Å². The molecule has 0 heterocycles. The van der Waals surface area contributed by atoms with E-state index in [-0.39, 0.29) is 0 Å². The van der Waals surface area contributed by atoms with E-state index < -0.39 is 11.0 Å². The average molecular weight is 285 g/mol. The summed E-state index contributed by atoms with van der Waals surface area (Å²) in [5, 5.41) is 21.2. The molecule has 1 aliphatic carbocycles. The van der Waals surface area contributed by atoms with Crippen LogP contribution in [-0.4, -0.2) is 5.11 Å². The normalized spacial score (nSPS) is 21.7. The second-order valence-electron chi connectivity index (χ2n) is 6.91. The van der Waals surface area contributed by atoms with Crippen molar-refractivity contribution < 1.29 is 5.11 Å². The molecule has 0 spiro atoms. The first-order chi connectivity index (χ1) is 9.91. The number of hydrogen-bond acceptors (Lipinski definition) is 2. The third-order valence-electron chi connectivity index (χ3n) is 5.14. The maximum atomic E-state index is 11.3. The molecular weight excluding hydrogens is 258 g/mol. The summed E-state index contributed by atoms with van der Waals surface area (Å²) < 4.78 is 0. The third-order valence-corrected chi connectivity index (χ3v) is 5.14. The standard InChI is InChI=1S/C19H27NO/c1-15-11-16(2)13-17(12-15)18(3,21)19(14-20)9-7-5-4-6-8-10-19/h11-13,21H,4-10H2,1-3H3. The number of benzene rings is 1. The van der Waals surface area contributed by atoms with Crippen LogP contribution in [-0.2, 0) is 5.60 Å². The van der Waals surface area contributed by atoms with Gasteiger partial charge in [-0.2, -0.15) is 5.26 Å².